The van der Waals surface area contributed by atoms with Gasteiger partial charge in [-0.05, 0) is 68.1 Å². The molecule has 4 atom stereocenters. The molecule has 0 spiro atoms. The summed E-state index contributed by atoms with van der Waals surface area (Å²) in [4.78, 5) is 14.2. The van der Waals surface area contributed by atoms with Crippen LogP contribution < -0.4 is 5.73 Å². The van der Waals surface area contributed by atoms with Crippen LogP contribution in [0, 0.1) is 11.7 Å². The van der Waals surface area contributed by atoms with E-state index in [4.69, 9.17) is 15.2 Å². The smallest absolute Gasteiger partial charge is 0.410 e. The Morgan fingerprint density at radius 2 is 1.90 bits per heavy atom. The number of likely N-dealkylation sites (tertiary alicyclic amines) is 1. The molecule has 2 N–H and O–H groups in total. The van der Waals surface area contributed by atoms with Gasteiger partial charge in [-0.3, -0.25) is 4.90 Å². The molecule has 1 heterocycles. The molecule has 168 valence electrons. The number of carbonyl (C=O) groups excluding carboxylic acids is 1. The molecular weight excluding hydrogens is 383 g/mol. The van der Waals surface area contributed by atoms with Gasteiger partial charge in [-0.1, -0.05) is 32.4 Å². The largest absolute Gasteiger partial charge is 0.453 e. The van der Waals surface area contributed by atoms with E-state index in [1.165, 1.54) is 13.2 Å². The number of ether oxygens (including phenoxy) is 2. The van der Waals surface area contributed by atoms with E-state index >= 15 is 0 Å². The number of fused-ring (bicyclic) bond motifs is 1. The topological polar surface area (TPSA) is 64.8 Å². The number of carbonyl (C=O) groups is 1. The number of benzene rings is 1. The zero-order valence-electron chi connectivity index (χ0n) is 18.6. The fourth-order valence-corrected chi connectivity index (χ4v) is 5.61. The van der Waals surface area contributed by atoms with Gasteiger partial charge in [-0.25, -0.2) is 9.18 Å². The van der Waals surface area contributed by atoms with Gasteiger partial charge in [-0.2, -0.15) is 0 Å². The van der Waals surface area contributed by atoms with Crippen LogP contribution >= 0.6 is 0 Å². The number of rotatable bonds is 4. The molecule has 5 nitrogen and oxygen atoms in total. The van der Waals surface area contributed by atoms with Gasteiger partial charge in [0.05, 0.1) is 25.9 Å². The normalized spacial score (nSPS) is 32.9. The van der Waals surface area contributed by atoms with Crippen molar-refractivity contribution < 1.29 is 18.7 Å². The lowest BCUT2D eigenvalue weighted by atomic mass is 9.82. The Balaban J connectivity index is 0.00000124. The number of amides is 1. The van der Waals surface area contributed by atoms with Gasteiger partial charge in [0, 0.05) is 12.1 Å². The third-order valence-corrected chi connectivity index (χ3v) is 7.07. The first-order valence-electron chi connectivity index (χ1n) is 11.6. The van der Waals surface area contributed by atoms with Crippen molar-refractivity contribution in [3.8, 4) is 0 Å². The quantitative estimate of drug-likeness (QED) is 0.757. The molecule has 0 radical (unpaired) electrons. The van der Waals surface area contributed by atoms with Gasteiger partial charge >= 0.3 is 6.09 Å². The highest BCUT2D eigenvalue weighted by molar-refractivity contribution is 5.69. The summed E-state index contributed by atoms with van der Waals surface area (Å²) in [5, 5.41) is 0. The Hall–Kier alpha value is -1.66. The van der Waals surface area contributed by atoms with Crippen LogP contribution in [0.5, 0.6) is 0 Å². The number of nitrogens with two attached hydrogens (primary N) is 1. The van der Waals surface area contributed by atoms with E-state index in [9.17, 15) is 9.18 Å². The Morgan fingerprint density at radius 3 is 2.57 bits per heavy atom. The second-order valence-electron chi connectivity index (χ2n) is 8.55. The van der Waals surface area contributed by atoms with Crippen LogP contribution in [0.25, 0.3) is 0 Å². The molecule has 4 unspecified atom stereocenters. The molecule has 4 rings (SSSR count). The molecule has 0 aromatic heterocycles. The molecule has 1 aromatic carbocycles. The van der Waals surface area contributed by atoms with E-state index in [0.717, 1.165) is 50.5 Å². The van der Waals surface area contributed by atoms with Crippen molar-refractivity contribution >= 4 is 6.09 Å². The van der Waals surface area contributed by atoms with Crippen molar-refractivity contribution in [3.63, 3.8) is 0 Å². The lowest BCUT2D eigenvalue weighted by molar-refractivity contribution is -0.00902. The van der Waals surface area contributed by atoms with Crippen LogP contribution in [-0.4, -0.2) is 48.9 Å². The molecule has 0 bridgehead atoms. The summed E-state index contributed by atoms with van der Waals surface area (Å²) in [6.07, 6.45) is 6.99. The number of hydrogen-bond donors (Lipinski definition) is 1. The van der Waals surface area contributed by atoms with Crippen molar-refractivity contribution in [2.45, 2.75) is 88.9 Å². The highest BCUT2D eigenvalue weighted by atomic mass is 19.1. The van der Waals surface area contributed by atoms with E-state index < -0.39 is 0 Å². The maximum absolute atomic E-state index is 13.5. The first-order valence-corrected chi connectivity index (χ1v) is 11.6. The van der Waals surface area contributed by atoms with E-state index in [0.29, 0.717) is 18.4 Å². The summed E-state index contributed by atoms with van der Waals surface area (Å²) in [6, 6.07) is 6.98. The average Bonchev–Trinajstić information content (AvgIpc) is 3.35. The summed E-state index contributed by atoms with van der Waals surface area (Å²) in [7, 11) is 1.43. The van der Waals surface area contributed by atoms with Crippen molar-refractivity contribution in [3.05, 3.63) is 35.6 Å². The van der Waals surface area contributed by atoms with Crippen LogP contribution in [0.2, 0.25) is 0 Å². The number of methoxy groups -OCH3 is 1. The Morgan fingerprint density at radius 1 is 1.17 bits per heavy atom. The van der Waals surface area contributed by atoms with E-state index in [1.807, 2.05) is 24.8 Å². The van der Waals surface area contributed by atoms with Crippen LogP contribution in [0.1, 0.15) is 70.3 Å². The van der Waals surface area contributed by atoms with E-state index in [-0.39, 0.29) is 36.1 Å². The molecule has 2 saturated carbocycles. The van der Waals surface area contributed by atoms with Crippen molar-refractivity contribution in [1.82, 2.24) is 4.90 Å². The minimum absolute atomic E-state index is 0.0461. The number of hydrogen-bond acceptors (Lipinski definition) is 4. The maximum atomic E-state index is 13.5. The van der Waals surface area contributed by atoms with Gasteiger partial charge in [0.1, 0.15) is 5.82 Å². The molecule has 1 aromatic rings. The highest BCUT2D eigenvalue weighted by Crippen LogP contribution is 2.41. The third-order valence-electron chi connectivity index (χ3n) is 7.07. The molecule has 2 aliphatic carbocycles. The molecule has 6 heteroatoms. The highest BCUT2D eigenvalue weighted by Gasteiger charge is 2.51. The SMILES string of the molecule is CC.COC(=O)N1C(COC2CCC(c3cccc(F)c3)CC2)C(N)C2CCCC21. The first kappa shape index (κ1) is 23.0. The predicted molar refractivity (Wildman–Crippen MR) is 116 cm³/mol. The third kappa shape index (κ3) is 4.80. The van der Waals surface area contributed by atoms with Crippen LogP contribution in [0.4, 0.5) is 9.18 Å². The molecule has 1 amide bonds. The lowest BCUT2D eigenvalue weighted by Gasteiger charge is -2.33. The Kier molecular flexibility index (Phi) is 8.12. The van der Waals surface area contributed by atoms with E-state index in [1.54, 1.807) is 12.1 Å². The molecular formula is C24H37FN2O3. The van der Waals surface area contributed by atoms with E-state index in [2.05, 4.69) is 0 Å². The summed E-state index contributed by atoms with van der Waals surface area (Å²) in [5.41, 5.74) is 7.59. The van der Waals surface area contributed by atoms with Gasteiger partial charge < -0.3 is 15.2 Å². The van der Waals surface area contributed by atoms with Crippen LogP contribution in [-0.2, 0) is 9.47 Å². The standard InChI is InChI=1S/C22H31FN2O3.C2H6/c1-27-22(26)25-19-7-3-6-18(19)21(24)20(25)13-28-17-10-8-14(9-11-17)15-4-2-5-16(23)12-15;1-2/h2,4-5,12,14,17-21H,3,6-11,13,24H2,1H3;1-2H3. The number of nitrogens with zero attached hydrogens (tertiary/aromatic N) is 1. The number of halogens is 1. The summed E-state index contributed by atoms with van der Waals surface area (Å²) < 4.78 is 24.7. The fraction of sp³-hybridized carbons (Fsp3) is 0.708. The molecule has 1 aliphatic heterocycles. The van der Waals surface area contributed by atoms with Gasteiger partial charge in [-0.15, -0.1) is 0 Å². The zero-order valence-corrected chi connectivity index (χ0v) is 18.6. The first-order chi connectivity index (χ1) is 14.6. The minimum Gasteiger partial charge on any atom is -0.453 e. The molecule has 3 fully saturated rings. The molecule has 3 aliphatic rings. The minimum atomic E-state index is -0.284. The van der Waals surface area contributed by atoms with Crippen LogP contribution in [0.15, 0.2) is 24.3 Å². The lowest BCUT2D eigenvalue weighted by Crippen LogP contribution is -2.48. The van der Waals surface area contributed by atoms with Crippen molar-refractivity contribution in [2.75, 3.05) is 13.7 Å². The van der Waals surface area contributed by atoms with Gasteiger partial charge in [0.25, 0.3) is 0 Å². The Labute approximate surface area is 180 Å². The van der Waals surface area contributed by atoms with Crippen LogP contribution in [0.3, 0.4) is 0 Å². The summed E-state index contributed by atoms with van der Waals surface area (Å²) in [5.74, 6) is 0.589. The zero-order chi connectivity index (χ0) is 21.7. The summed E-state index contributed by atoms with van der Waals surface area (Å²) in [6.45, 7) is 4.47. The van der Waals surface area contributed by atoms with Gasteiger partial charge in [0.2, 0.25) is 0 Å². The fourth-order valence-electron chi connectivity index (χ4n) is 5.61. The summed E-state index contributed by atoms with van der Waals surface area (Å²) >= 11 is 0. The molecule has 1 saturated heterocycles. The Bertz CT molecular complexity index is 693. The van der Waals surface area contributed by atoms with Crippen molar-refractivity contribution in [2.24, 2.45) is 11.7 Å². The van der Waals surface area contributed by atoms with Crippen molar-refractivity contribution in [1.29, 1.82) is 0 Å². The van der Waals surface area contributed by atoms with Gasteiger partial charge in [0.15, 0.2) is 0 Å². The predicted octanol–water partition coefficient (Wildman–Crippen LogP) is 4.84. The maximum Gasteiger partial charge on any atom is 0.410 e. The average molecular weight is 421 g/mol. The second-order valence-corrected chi connectivity index (χ2v) is 8.55. The monoisotopic (exact) mass is 420 g/mol. The second kappa shape index (κ2) is 10.6. The molecule has 30 heavy (non-hydrogen) atoms.